The van der Waals surface area contributed by atoms with E-state index in [-0.39, 0.29) is 12.1 Å². The van der Waals surface area contributed by atoms with E-state index in [9.17, 15) is 4.79 Å². The summed E-state index contributed by atoms with van der Waals surface area (Å²) in [5, 5.41) is 0. The molecule has 1 aliphatic rings. The van der Waals surface area contributed by atoms with Gasteiger partial charge < -0.3 is 4.74 Å². The Labute approximate surface area is 73.6 Å². The van der Waals surface area contributed by atoms with Gasteiger partial charge in [0.1, 0.15) is 6.10 Å². The first-order chi connectivity index (χ1) is 5.69. The molecule has 2 unspecified atom stereocenters. The van der Waals surface area contributed by atoms with Crippen LogP contribution in [-0.4, -0.2) is 12.1 Å². The van der Waals surface area contributed by atoms with Crippen LogP contribution in [0, 0.1) is 5.92 Å². The predicted octanol–water partition coefficient (Wildman–Crippen LogP) is 2.29. The van der Waals surface area contributed by atoms with Gasteiger partial charge in [0.15, 0.2) is 0 Å². The largest absolute Gasteiger partial charge is 0.458 e. The van der Waals surface area contributed by atoms with Crippen LogP contribution in [0.15, 0.2) is 11.6 Å². The van der Waals surface area contributed by atoms with Gasteiger partial charge in [-0.2, -0.15) is 0 Å². The van der Waals surface area contributed by atoms with Gasteiger partial charge in [-0.05, 0) is 12.8 Å². The summed E-state index contributed by atoms with van der Waals surface area (Å²) in [5.74, 6) is 0.356. The molecule has 1 fully saturated rings. The molecule has 2 atom stereocenters. The zero-order valence-electron chi connectivity index (χ0n) is 7.96. The monoisotopic (exact) mass is 168 g/mol. The maximum Gasteiger partial charge on any atom is 0.334 e. The summed E-state index contributed by atoms with van der Waals surface area (Å²) < 4.78 is 5.21. The Bertz CT molecular complexity index is 206. The number of ether oxygens (including phenoxy) is 1. The molecule has 1 rings (SSSR count). The molecule has 1 aliphatic heterocycles. The lowest BCUT2D eigenvalue weighted by atomic mass is 9.98. The summed E-state index contributed by atoms with van der Waals surface area (Å²) in [5.41, 5.74) is 0.834. The summed E-state index contributed by atoms with van der Waals surface area (Å²) in [4.78, 5) is 11.1. The summed E-state index contributed by atoms with van der Waals surface area (Å²) in [6.45, 7) is 6.12. The van der Waals surface area contributed by atoms with Crippen LogP contribution >= 0.6 is 0 Å². The van der Waals surface area contributed by atoms with Gasteiger partial charge in [-0.25, -0.2) is 4.79 Å². The van der Waals surface area contributed by atoms with Crippen molar-refractivity contribution in [3.8, 4) is 0 Å². The van der Waals surface area contributed by atoms with E-state index in [0.29, 0.717) is 5.92 Å². The molecule has 12 heavy (non-hydrogen) atoms. The quantitative estimate of drug-likeness (QED) is 0.467. The van der Waals surface area contributed by atoms with Gasteiger partial charge >= 0.3 is 5.97 Å². The van der Waals surface area contributed by atoms with Crippen molar-refractivity contribution in [1.82, 2.24) is 0 Å². The topological polar surface area (TPSA) is 26.3 Å². The molecule has 0 bridgehead atoms. The smallest absolute Gasteiger partial charge is 0.334 e. The van der Waals surface area contributed by atoms with Crippen LogP contribution in [0.2, 0.25) is 0 Å². The summed E-state index contributed by atoms with van der Waals surface area (Å²) in [7, 11) is 0. The van der Waals surface area contributed by atoms with E-state index in [1.165, 1.54) is 0 Å². The highest BCUT2D eigenvalue weighted by atomic mass is 16.5. The Hall–Kier alpha value is -0.790. The SMILES string of the molecule is C/C=C1\CC(C(C)CC)OC1=O. The minimum Gasteiger partial charge on any atom is -0.458 e. The number of esters is 1. The number of hydrogen-bond donors (Lipinski definition) is 0. The molecular formula is C10H16O2. The average molecular weight is 168 g/mol. The molecule has 0 spiro atoms. The maximum absolute atomic E-state index is 11.1. The molecule has 0 amide bonds. The fourth-order valence-electron chi connectivity index (χ4n) is 1.37. The highest BCUT2D eigenvalue weighted by Crippen LogP contribution is 2.26. The van der Waals surface area contributed by atoms with Gasteiger partial charge in [0.2, 0.25) is 0 Å². The third-order valence-corrected chi connectivity index (χ3v) is 2.57. The Morgan fingerprint density at radius 1 is 1.75 bits per heavy atom. The lowest BCUT2D eigenvalue weighted by Gasteiger charge is -2.14. The molecule has 0 N–H and O–H groups in total. The second kappa shape index (κ2) is 3.74. The van der Waals surface area contributed by atoms with Gasteiger partial charge in [-0.1, -0.05) is 26.3 Å². The van der Waals surface area contributed by atoms with Gasteiger partial charge in [0.05, 0.1) is 0 Å². The van der Waals surface area contributed by atoms with E-state index in [0.717, 1.165) is 18.4 Å². The van der Waals surface area contributed by atoms with E-state index in [4.69, 9.17) is 4.74 Å². The zero-order chi connectivity index (χ0) is 9.14. The molecule has 1 saturated heterocycles. The zero-order valence-corrected chi connectivity index (χ0v) is 7.96. The van der Waals surface area contributed by atoms with Crippen LogP contribution in [0.1, 0.15) is 33.6 Å². The summed E-state index contributed by atoms with van der Waals surface area (Å²) in [6, 6.07) is 0. The first-order valence-corrected chi connectivity index (χ1v) is 4.55. The Kier molecular flexibility index (Phi) is 2.90. The lowest BCUT2D eigenvalue weighted by Crippen LogP contribution is -2.16. The molecular weight excluding hydrogens is 152 g/mol. The van der Waals surface area contributed by atoms with Crippen molar-refractivity contribution in [3.63, 3.8) is 0 Å². The fourth-order valence-corrected chi connectivity index (χ4v) is 1.37. The minimum atomic E-state index is -0.122. The van der Waals surface area contributed by atoms with Crippen molar-refractivity contribution in [3.05, 3.63) is 11.6 Å². The number of rotatable bonds is 2. The molecule has 68 valence electrons. The molecule has 0 aromatic rings. The highest BCUT2D eigenvalue weighted by Gasteiger charge is 2.31. The van der Waals surface area contributed by atoms with Crippen LogP contribution in [0.3, 0.4) is 0 Å². The number of hydrogen-bond acceptors (Lipinski definition) is 2. The second-order valence-corrected chi connectivity index (χ2v) is 3.35. The van der Waals surface area contributed by atoms with Crippen molar-refractivity contribution in [2.45, 2.75) is 39.7 Å². The van der Waals surface area contributed by atoms with E-state index >= 15 is 0 Å². The van der Waals surface area contributed by atoms with Crippen LogP contribution < -0.4 is 0 Å². The lowest BCUT2D eigenvalue weighted by molar-refractivity contribution is -0.140. The van der Waals surface area contributed by atoms with E-state index < -0.39 is 0 Å². The number of carbonyl (C=O) groups is 1. The number of carbonyl (C=O) groups excluding carboxylic acids is 1. The second-order valence-electron chi connectivity index (χ2n) is 3.35. The number of cyclic esters (lactones) is 1. The van der Waals surface area contributed by atoms with Gasteiger partial charge in [0, 0.05) is 12.0 Å². The highest BCUT2D eigenvalue weighted by molar-refractivity contribution is 5.90. The van der Waals surface area contributed by atoms with Gasteiger partial charge in [-0.3, -0.25) is 0 Å². The Morgan fingerprint density at radius 2 is 2.42 bits per heavy atom. The molecule has 1 heterocycles. The maximum atomic E-state index is 11.1. The van der Waals surface area contributed by atoms with E-state index in [1.54, 1.807) is 0 Å². The van der Waals surface area contributed by atoms with Crippen molar-refractivity contribution in [2.24, 2.45) is 5.92 Å². The predicted molar refractivity (Wildman–Crippen MR) is 47.7 cm³/mol. The standard InChI is InChI=1S/C10H16O2/c1-4-7(3)9-6-8(5-2)10(11)12-9/h5,7,9H,4,6H2,1-3H3/b8-5+. The van der Waals surface area contributed by atoms with Crippen molar-refractivity contribution in [2.75, 3.05) is 0 Å². The van der Waals surface area contributed by atoms with E-state index in [1.807, 2.05) is 13.0 Å². The summed E-state index contributed by atoms with van der Waals surface area (Å²) in [6.07, 6.45) is 3.83. The first-order valence-electron chi connectivity index (χ1n) is 4.55. The molecule has 0 saturated carbocycles. The van der Waals surface area contributed by atoms with Crippen molar-refractivity contribution in [1.29, 1.82) is 0 Å². The van der Waals surface area contributed by atoms with Crippen LogP contribution in [0.4, 0.5) is 0 Å². The Morgan fingerprint density at radius 3 is 2.83 bits per heavy atom. The molecule has 2 heteroatoms. The van der Waals surface area contributed by atoms with Crippen LogP contribution in [0.5, 0.6) is 0 Å². The van der Waals surface area contributed by atoms with Crippen molar-refractivity contribution < 1.29 is 9.53 Å². The minimum absolute atomic E-state index is 0.119. The van der Waals surface area contributed by atoms with Gasteiger partial charge in [-0.15, -0.1) is 0 Å². The molecule has 0 aliphatic carbocycles. The normalized spacial score (nSPS) is 29.1. The third kappa shape index (κ3) is 1.68. The molecule has 0 aromatic carbocycles. The van der Waals surface area contributed by atoms with E-state index in [2.05, 4.69) is 13.8 Å². The average Bonchev–Trinajstić information content (AvgIpc) is 2.45. The Balaban J connectivity index is 2.60. The molecule has 2 nitrogen and oxygen atoms in total. The fraction of sp³-hybridized carbons (Fsp3) is 0.700. The van der Waals surface area contributed by atoms with Crippen LogP contribution in [0.25, 0.3) is 0 Å². The molecule has 0 radical (unpaired) electrons. The number of allylic oxidation sites excluding steroid dienone is 1. The third-order valence-electron chi connectivity index (χ3n) is 2.57. The summed E-state index contributed by atoms with van der Waals surface area (Å²) >= 11 is 0. The molecule has 0 aromatic heterocycles. The van der Waals surface area contributed by atoms with Crippen molar-refractivity contribution >= 4 is 5.97 Å². The van der Waals surface area contributed by atoms with Crippen LogP contribution in [-0.2, 0) is 9.53 Å². The van der Waals surface area contributed by atoms with Gasteiger partial charge in [0.25, 0.3) is 0 Å². The first kappa shape index (κ1) is 9.30.